The fraction of sp³-hybridized carbons (Fsp3) is 0.348. The normalized spacial score (nSPS) is 18.5. The molecule has 0 bridgehead atoms. The van der Waals surface area contributed by atoms with E-state index < -0.39 is 24.8 Å². The molecule has 10 heteroatoms. The standard InChI is InChI=1S/C17H14F3N3O.C6H12N2O/c18-17(19,20)10-23-13-9-5-4-8-12(13)14(22-15(21)16(23)24)11-6-2-1-3-7-11;7-6(9)8-4-2-1-3-5-8/h1-9,15H,10,21H2;1-5H2,(H2,7,9)/t15-;/m1./s1. The van der Waals surface area contributed by atoms with Gasteiger partial charge in [-0.15, -0.1) is 0 Å². The minimum Gasteiger partial charge on any atom is -0.351 e. The number of rotatable bonds is 2. The molecule has 4 rings (SSSR count). The zero-order chi connectivity index (χ0) is 24.0. The number of nitrogens with two attached hydrogens (primary N) is 2. The molecule has 1 atom stereocenters. The lowest BCUT2D eigenvalue weighted by Gasteiger charge is -2.25. The van der Waals surface area contributed by atoms with Crippen molar-refractivity contribution in [1.29, 1.82) is 0 Å². The first-order chi connectivity index (χ1) is 15.7. The summed E-state index contributed by atoms with van der Waals surface area (Å²) in [6, 6.07) is 15.0. The Morgan fingerprint density at radius 2 is 1.61 bits per heavy atom. The quantitative estimate of drug-likeness (QED) is 0.717. The van der Waals surface area contributed by atoms with E-state index in [0.717, 1.165) is 25.9 Å². The molecular formula is C23H26F3N5O2. The van der Waals surface area contributed by atoms with Gasteiger partial charge in [-0.3, -0.25) is 14.7 Å². The van der Waals surface area contributed by atoms with E-state index in [1.165, 1.54) is 12.5 Å². The van der Waals surface area contributed by atoms with Gasteiger partial charge in [-0.05, 0) is 25.3 Å². The molecule has 1 saturated heterocycles. The summed E-state index contributed by atoms with van der Waals surface area (Å²) in [4.78, 5) is 29.4. The van der Waals surface area contributed by atoms with Crippen molar-refractivity contribution in [2.24, 2.45) is 16.5 Å². The van der Waals surface area contributed by atoms with Crippen LogP contribution >= 0.6 is 0 Å². The number of benzene rings is 2. The lowest BCUT2D eigenvalue weighted by Crippen LogP contribution is -2.46. The maximum absolute atomic E-state index is 12.9. The number of carbonyl (C=O) groups excluding carboxylic acids is 2. The topological polar surface area (TPSA) is 105 Å². The summed E-state index contributed by atoms with van der Waals surface area (Å²) in [5.74, 6) is -0.884. The number of aliphatic imine (C=N–C) groups is 1. The van der Waals surface area contributed by atoms with Gasteiger partial charge in [0, 0.05) is 24.2 Å². The Balaban J connectivity index is 0.000000286. The average Bonchev–Trinajstić information content (AvgIpc) is 2.90. The Hall–Kier alpha value is -3.40. The number of anilines is 1. The highest BCUT2D eigenvalue weighted by molar-refractivity contribution is 6.20. The molecule has 2 aliphatic rings. The van der Waals surface area contributed by atoms with Crippen molar-refractivity contribution in [3.8, 4) is 0 Å². The zero-order valence-corrected chi connectivity index (χ0v) is 18.0. The van der Waals surface area contributed by atoms with Gasteiger partial charge in [-0.25, -0.2) is 4.79 Å². The van der Waals surface area contributed by atoms with Crippen LogP contribution in [-0.2, 0) is 4.79 Å². The number of amides is 3. The van der Waals surface area contributed by atoms with Crippen LogP contribution in [0.1, 0.15) is 30.4 Å². The second-order valence-electron chi connectivity index (χ2n) is 7.73. The molecule has 2 aliphatic heterocycles. The second kappa shape index (κ2) is 10.5. The van der Waals surface area contributed by atoms with Crippen LogP contribution in [0.15, 0.2) is 59.6 Å². The largest absolute Gasteiger partial charge is 0.406 e. The summed E-state index contributed by atoms with van der Waals surface area (Å²) >= 11 is 0. The Labute approximate surface area is 189 Å². The number of para-hydroxylation sites is 1. The molecule has 2 aromatic rings. The number of primary amides is 1. The Kier molecular flexibility index (Phi) is 7.70. The Bertz CT molecular complexity index is 1000. The van der Waals surface area contributed by atoms with Gasteiger partial charge in [-0.1, -0.05) is 48.5 Å². The number of benzodiazepines with no additional fused rings is 1. The smallest absolute Gasteiger partial charge is 0.351 e. The van der Waals surface area contributed by atoms with Crippen LogP contribution in [-0.4, -0.2) is 54.5 Å². The third-order valence-electron chi connectivity index (χ3n) is 5.29. The van der Waals surface area contributed by atoms with Crippen LogP contribution in [0.2, 0.25) is 0 Å². The van der Waals surface area contributed by atoms with E-state index in [2.05, 4.69) is 4.99 Å². The number of likely N-dealkylation sites (tertiary alicyclic amines) is 1. The lowest BCUT2D eigenvalue weighted by atomic mass is 10.0. The van der Waals surface area contributed by atoms with Crippen molar-refractivity contribution in [3.05, 3.63) is 65.7 Å². The predicted octanol–water partition coefficient (Wildman–Crippen LogP) is 3.27. The van der Waals surface area contributed by atoms with Crippen molar-refractivity contribution in [3.63, 3.8) is 0 Å². The van der Waals surface area contributed by atoms with E-state index in [4.69, 9.17) is 11.5 Å². The maximum atomic E-state index is 12.9. The van der Waals surface area contributed by atoms with Crippen molar-refractivity contribution in [2.75, 3.05) is 24.5 Å². The number of halogens is 3. The van der Waals surface area contributed by atoms with Gasteiger partial charge in [0.15, 0.2) is 6.17 Å². The SMILES string of the molecule is NC(=O)N1CCCCC1.N[C@@H]1N=C(c2ccccc2)c2ccccc2N(CC(F)(F)F)C1=O. The maximum Gasteiger partial charge on any atom is 0.406 e. The molecule has 3 amide bonds. The fourth-order valence-corrected chi connectivity index (χ4v) is 3.73. The molecule has 0 aromatic heterocycles. The summed E-state index contributed by atoms with van der Waals surface area (Å²) in [6.07, 6.45) is -2.47. The molecule has 1 fully saturated rings. The van der Waals surface area contributed by atoms with Crippen molar-refractivity contribution in [2.45, 2.75) is 31.6 Å². The highest BCUT2D eigenvalue weighted by atomic mass is 19.4. The van der Waals surface area contributed by atoms with Crippen molar-refractivity contribution in [1.82, 2.24) is 4.90 Å². The van der Waals surface area contributed by atoms with E-state index >= 15 is 0 Å². The molecule has 2 heterocycles. The van der Waals surface area contributed by atoms with Crippen LogP contribution in [0.5, 0.6) is 0 Å². The van der Waals surface area contributed by atoms with E-state index in [0.29, 0.717) is 21.7 Å². The first kappa shape index (κ1) is 24.2. The van der Waals surface area contributed by atoms with Gasteiger partial charge < -0.3 is 16.4 Å². The average molecular weight is 461 g/mol. The molecule has 0 saturated carbocycles. The van der Waals surface area contributed by atoms with Gasteiger partial charge in [0.1, 0.15) is 6.54 Å². The first-order valence-corrected chi connectivity index (χ1v) is 10.6. The first-order valence-electron chi connectivity index (χ1n) is 10.6. The number of urea groups is 1. The van der Waals surface area contributed by atoms with Crippen LogP contribution in [0.25, 0.3) is 0 Å². The number of alkyl halides is 3. The molecular weight excluding hydrogens is 435 g/mol. The van der Waals surface area contributed by atoms with Gasteiger partial charge in [0.2, 0.25) is 0 Å². The number of fused-ring (bicyclic) bond motifs is 1. The highest BCUT2D eigenvalue weighted by Gasteiger charge is 2.38. The van der Waals surface area contributed by atoms with Gasteiger partial charge >= 0.3 is 12.2 Å². The summed E-state index contributed by atoms with van der Waals surface area (Å²) in [5.41, 5.74) is 12.5. The third-order valence-corrected chi connectivity index (χ3v) is 5.29. The zero-order valence-electron chi connectivity index (χ0n) is 18.0. The van der Waals surface area contributed by atoms with Crippen molar-refractivity contribution >= 4 is 23.3 Å². The third kappa shape index (κ3) is 6.32. The van der Waals surface area contributed by atoms with Gasteiger partial charge in [0.05, 0.1) is 11.4 Å². The Morgan fingerprint density at radius 1 is 1.00 bits per heavy atom. The molecule has 4 N–H and O–H groups in total. The molecule has 0 spiro atoms. The molecule has 33 heavy (non-hydrogen) atoms. The number of nitrogens with zero attached hydrogens (tertiary/aromatic N) is 3. The van der Waals surface area contributed by atoms with Crippen LogP contribution in [0, 0.1) is 0 Å². The molecule has 0 aliphatic carbocycles. The summed E-state index contributed by atoms with van der Waals surface area (Å²) in [6.45, 7) is 0.304. The summed E-state index contributed by atoms with van der Waals surface area (Å²) < 4.78 is 38.7. The molecule has 0 radical (unpaired) electrons. The second-order valence-corrected chi connectivity index (χ2v) is 7.73. The van der Waals surface area contributed by atoms with Crippen LogP contribution in [0.4, 0.5) is 23.7 Å². The number of hydrogen-bond acceptors (Lipinski definition) is 4. The summed E-state index contributed by atoms with van der Waals surface area (Å²) in [7, 11) is 0. The fourth-order valence-electron chi connectivity index (χ4n) is 3.73. The van der Waals surface area contributed by atoms with Crippen LogP contribution in [0.3, 0.4) is 0 Å². The van der Waals surface area contributed by atoms with Crippen molar-refractivity contribution < 1.29 is 22.8 Å². The number of hydrogen-bond donors (Lipinski definition) is 2. The molecule has 0 unspecified atom stereocenters. The number of carbonyl (C=O) groups is 2. The van der Waals surface area contributed by atoms with E-state index in [1.54, 1.807) is 47.4 Å². The molecule has 2 aromatic carbocycles. The number of piperidine rings is 1. The highest BCUT2D eigenvalue weighted by Crippen LogP contribution is 2.30. The molecule has 7 nitrogen and oxygen atoms in total. The van der Waals surface area contributed by atoms with E-state index in [9.17, 15) is 22.8 Å². The minimum atomic E-state index is -4.54. The molecule has 176 valence electrons. The summed E-state index contributed by atoms with van der Waals surface area (Å²) in [5, 5.41) is 0. The monoisotopic (exact) mass is 461 g/mol. The van der Waals surface area contributed by atoms with E-state index in [-0.39, 0.29) is 11.7 Å². The van der Waals surface area contributed by atoms with E-state index in [1.807, 2.05) is 6.07 Å². The lowest BCUT2D eigenvalue weighted by molar-refractivity contribution is -0.133. The van der Waals surface area contributed by atoms with Crippen LogP contribution < -0.4 is 16.4 Å². The minimum absolute atomic E-state index is 0.148. The van der Waals surface area contributed by atoms with Gasteiger partial charge in [0.25, 0.3) is 5.91 Å². The van der Waals surface area contributed by atoms with Gasteiger partial charge in [-0.2, -0.15) is 13.2 Å². The Morgan fingerprint density at radius 3 is 2.18 bits per heavy atom. The predicted molar refractivity (Wildman–Crippen MR) is 120 cm³/mol.